The maximum Gasteiger partial charge on any atom is 0.104 e. The van der Waals surface area contributed by atoms with Crippen LogP contribution < -0.4 is 14.0 Å². The van der Waals surface area contributed by atoms with E-state index in [1.54, 1.807) is 0 Å². The molecule has 0 atom stereocenters. The van der Waals surface area contributed by atoms with E-state index in [0.29, 0.717) is 0 Å². The maximum atomic E-state index is 8.60. The molecule has 0 saturated carbocycles. The van der Waals surface area contributed by atoms with Crippen LogP contribution in [0.15, 0.2) is 30.3 Å². The number of hydrogen-bond acceptors (Lipinski definition) is 4. The average Bonchev–Trinajstić information content (AvgIpc) is 2.41. The molecule has 0 radical (unpaired) electrons. The Morgan fingerprint density at radius 3 is 1.91 bits per heavy atom. The Bertz CT molecular complexity index is 387. The maximum absolute atomic E-state index is 8.60. The van der Waals surface area contributed by atoms with Gasteiger partial charge in [-0.15, -0.1) is 0 Å². The molecule has 0 heterocycles. The lowest BCUT2D eigenvalue weighted by Crippen LogP contribution is -2.58. The smallest absolute Gasteiger partial charge is 0.104 e. The first-order valence-corrected chi connectivity index (χ1v) is 9.39. The van der Waals surface area contributed by atoms with Gasteiger partial charge >= 0.3 is 0 Å². The van der Waals surface area contributed by atoms with Crippen LogP contribution in [0.5, 0.6) is 0 Å². The molecule has 0 saturated heterocycles. The largest absolute Gasteiger partial charge is 0.325 e. The Balaban J connectivity index is 0.000000841. The van der Waals surface area contributed by atoms with Gasteiger partial charge in [0, 0.05) is 5.56 Å². The van der Waals surface area contributed by atoms with E-state index in [2.05, 4.69) is 51.4 Å². The van der Waals surface area contributed by atoms with Crippen molar-refractivity contribution in [2.24, 2.45) is 0 Å². The predicted molar refractivity (Wildman–Crippen MR) is 82.7 cm³/mol. The number of benzene rings is 1. The van der Waals surface area contributed by atoms with E-state index in [1.165, 1.54) is 50.6 Å². The molecule has 0 fully saturated rings. The molecule has 1 N–H and O–H groups in total. The summed E-state index contributed by atoms with van der Waals surface area (Å²) in [5.41, 5.74) is 1.45. The van der Waals surface area contributed by atoms with E-state index in [-0.39, 0.29) is 0 Å². The molecule has 6 heteroatoms. The summed E-state index contributed by atoms with van der Waals surface area (Å²) in [6, 6.07) is 10.8. The van der Waals surface area contributed by atoms with Crippen molar-refractivity contribution >= 4 is 0 Å². The van der Waals surface area contributed by atoms with Gasteiger partial charge in [0.2, 0.25) is 0 Å². The molecular formula is C17H31ClNO4+. The van der Waals surface area contributed by atoms with Crippen LogP contribution in [0.25, 0.3) is 0 Å². The van der Waals surface area contributed by atoms with Crippen molar-refractivity contribution in [1.82, 2.24) is 0 Å². The first-order chi connectivity index (χ1) is 10.6. The Morgan fingerprint density at radius 2 is 1.39 bits per heavy atom. The lowest BCUT2D eigenvalue weighted by Gasteiger charge is -2.30. The minimum absolute atomic E-state index is 1.11. The molecule has 23 heavy (non-hydrogen) atoms. The molecule has 0 aromatic heterocycles. The lowest BCUT2D eigenvalue weighted by molar-refractivity contribution is -1.92. The Hall–Kier alpha value is -0.690. The second-order valence-electron chi connectivity index (χ2n) is 6.47. The molecule has 1 rings (SSSR count). The van der Waals surface area contributed by atoms with Gasteiger partial charge < -0.3 is 4.48 Å². The molecule has 0 spiro atoms. The topological polar surface area (TPSA) is 89.4 Å². The summed E-state index contributed by atoms with van der Waals surface area (Å²) in [5.74, 6) is 0. The highest BCUT2D eigenvalue weighted by Crippen LogP contribution is 2.12. The number of quaternary nitrogens is 1. The Morgan fingerprint density at radius 1 is 0.913 bits per heavy atom. The van der Waals surface area contributed by atoms with Gasteiger partial charge in [0.05, 0.1) is 35.5 Å². The molecule has 0 aliphatic rings. The van der Waals surface area contributed by atoms with Crippen LogP contribution in [0.4, 0.5) is 0 Å². The van der Waals surface area contributed by atoms with Crippen molar-refractivity contribution in [3.05, 3.63) is 35.9 Å². The van der Waals surface area contributed by atoms with Crippen LogP contribution >= 0.6 is 0 Å². The van der Waals surface area contributed by atoms with E-state index in [1.807, 2.05) is 0 Å². The average molecular weight is 349 g/mol. The normalized spacial score (nSPS) is 11.8. The minimum atomic E-state index is -4.69. The fourth-order valence-corrected chi connectivity index (χ4v) is 2.48. The summed E-state index contributed by atoms with van der Waals surface area (Å²) in [7, 11) is -0.00190. The fourth-order valence-electron chi connectivity index (χ4n) is 2.48. The van der Waals surface area contributed by atoms with Gasteiger partial charge in [-0.25, -0.2) is 0 Å². The third kappa shape index (κ3) is 17.5. The lowest BCUT2D eigenvalue weighted by atomic mass is 10.1. The van der Waals surface area contributed by atoms with Crippen LogP contribution in [0, 0.1) is 10.2 Å². The van der Waals surface area contributed by atoms with Crippen molar-refractivity contribution in [3.8, 4) is 0 Å². The third-order valence-electron chi connectivity index (χ3n) is 3.57. The second-order valence-corrected chi connectivity index (χ2v) is 7.26. The molecule has 1 aromatic rings. The molecule has 5 nitrogen and oxygen atoms in total. The highest BCUT2D eigenvalue weighted by Gasteiger charge is 2.14. The molecule has 1 aromatic carbocycles. The van der Waals surface area contributed by atoms with E-state index < -0.39 is 10.2 Å². The summed E-state index contributed by atoms with van der Waals surface area (Å²) in [6.07, 6.45) is 8.35. The van der Waals surface area contributed by atoms with Gasteiger partial charge in [0.25, 0.3) is 0 Å². The van der Waals surface area contributed by atoms with E-state index in [9.17, 15) is 0 Å². The van der Waals surface area contributed by atoms with E-state index in [4.69, 9.17) is 18.6 Å². The standard InChI is InChI=1S/C17H30N.ClHO4/c1-4-5-6-7-8-12-15-18(2,3)16-17-13-10-9-11-14-17;2-1(3,4)5/h9-11,13-14H,4-8,12,15-16H2,1-3H3;(H,2,3,4,5)/q+1;. The monoisotopic (exact) mass is 348 g/mol. The van der Waals surface area contributed by atoms with Gasteiger partial charge in [0.1, 0.15) is 6.54 Å². The van der Waals surface area contributed by atoms with Gasteiger partial charge in [-0.3, -0.25) is 0 Å². The van der Waals surface area contributed by atoms with Gasteiger partial charge in [-0.2, -0.15) is 14.0 Å². The summed E-state index contributed by atoms with van der Waals surface area (Å²) < 4.78 is 33.8. The highest BCUT2D eigenvalue weighted by atomic mass is 35.7. The SMILES string of the molecule is CCCCCCCC[N+](C)(C)Cc1ccccc1.[O-][Cl+3]([O-])([O-])O. The van der Waals surface area contributed by atoms with Crippen molar-refractivity contribution in [2.45, 2.75) is 52.0 Å². The van der Waals surface area contributed by atoms with Crippen LogP contribution in [-0.4, -0.2) is 29.8 Å². The van der Waals surface area contributed by atoms with Crippen molar-refractivity contribution < 1.29 is 33.4 Å². The van der Waals surface area contributed by atoms with Crippen molar-refractivity contribution in [1.29, 1.82) is 0 Å². The van der Waals surface area contributed by atoms with Gasteiger partial charge in [-0.05, 0) is 12.8 Å². The quantitative estimate of drug-likeness (QED) is 0.520. The number of unbranched alkanes of at least 4 members (excludes halogenated alkanes) is 5. The predicted octanol–water partition coefficient (Wildman–Crippen LogP) is 0.500. The number of nitrogens with zero attached hydrogens (tertiary/aromatic N) is 1. The van der Waals surface area contributed by atoms with Gasteiger partial charge in [-0.1, -0.05) is 62.9 Å². The Kier molecular flexibility index (Phi) is 11.4. The molecule has 0 bridgehead atoms. The summed E-state index contributed by atoms with van der Waals surface area (Å²) in [5, 5.41) is 0. The van der Waals surface area contributed by atoms with E-state index in [0.717, 1.165) is 11.0 Å². The van der Waals surface area contributed by atoms with Crippen LogP contribution in [0.1, 0.15) is 51.0 Å². The molecule has 0 aliphatic carbocycles. The fraction of sp³-hybridized carbons (Fsp3) is 0.647. The summed E-state index contributed by atoms with van der Waals surface area (Å²) >= 11 is 0. The summed E-state index contributed by atoms with van der Waals surface area (Å²) in [6.45, 7) is 4.72. The number of rotatable bonds is 9. The number of halogens is 1. The number of hydrogen-bond donors (Lipinski definition) is 1. The summed E-state index contributed by atoms with van der Waals surface area (Å²) in [4.78, 5) is 0. The van der Waals surface area contributed by atoms with Crippen LogP contribution in [0.2, 0.25) is 0 Å². The van der Waals surface area contributed by atoms with Crippen molar-refractivity contribution in [3.63, 3.8) is 0 Å². The first-order valence-electron chi connectivity index (χ1n) is 8.13. The van der Waals surface area contributed by atoms with Crippen molar-refractivity contribution in [2.75, 3.05) is 20.6 Å². The van der Waals surface area contributed by atoms with Gasteiger partial charge in [0.15, 0.2) is 0 Å². The molecule has 0 aliphatic heterocycles. The zero-order valence-electron chi connectivity index (χ0n) is 14.5. The molecule has 0 amide bonds. The van der Waals surface area contributed by atoms with E-state index >= 15 is 0 Å². The first kappa shape index (κ1) is 22.3. The molecule has 134 valence electrons. The molecular weight excluding hydrogens is 318 g/mol. The Labute approximate surface area is 142 Å². The zero-order chi connectivity index (χ0) is 17.8. The van der Waals surface area contributed by atoms with Crippen LogP contribution in [-0.2, 0) is 6.54 Å². The minimum Gasteiger partial charge on any atom is -0.325 e. The second kappa shape index (κ2) is 11.8. The van der Waals surface area contributed by atoms with Crippen LogP contribution in [0.3, 0.4) is 0 Å². The third-order valence-corrected chi connectivity index (χ3v) is 3.57. The molecule has 0 unspecified atom stereocenters. The zero-order valence-corrected chi connectivity index (χ0v) is 15.3. The highest BCUT2D eigenvalue weighted by molar-refractivity contribution is 5.13.